The van der Waals surface area contributed by atoms with Crippen molar-refractivity contribution in [2.75, 3.05) is 50.1 Å². The van der Waals surface area contributed by atoms with E-state index in [1.165, 1.54) is 11.5 Å². The molecule has 0 radical (unpaired) electrons. The van der Waals surface area contributed by atoms with Crippen LogP contribution in [0.25, 0.3) is 0 Å². The maximum absolute atomic E-state index is 12.7. The van der Waals surface area contributed by atoms with Crippen molar-refractivity contribution in [3.8, 4) is 0 Å². The highest BCUT2D eigenvalue weighted by Crippen LogP contribution is 2.20. The largest absolute Gasteiger partial charge is 0.376 e. The minimum Gasteiger partial charge on any atom is -0.376 e. The van der Waals surface area contributed by atoms with Gasteiger partial charge in [-0.3, -0.25) is 4.79 Å². The van der Waals surface area contributed by atoms with E-state index in [9.17, 15) is 4.79 Å². The van der Waals surface area contributed by atoms with Crippen LogP contribution in [0.4, 0.5) is 11.5 Å². The standard InChI is InChI=1S/C16H23N7OS/c1-4-5-13-15(25-20-18-13)16(24)23-8-6-22(7-9-23)14-10-12(21(2)3)11-17-19-14/h10-11H,4-9H2,1-3H3. The second-order valence-corrected chi connectivity index (χ2v) is 7.00. The molecule has 3 heterocycles. The van der Waals surface area contributed by atoms with E-state index in [1.807, 2.05) is 30.0 Å². The molecule has 0 aliphatic carbocycles. The molecule has 1 aliphatic rings. The molecule has 25 heavy (non-hydrogen) atoms. The number of carbonyl (C=O) groups is 1. The van der Waals surface area contributed by atoms with Gasteiger partial charge in [-0.1, -0.05) is 17.8 Å². The van der Waals surface area contributed by atoms with Crippen LogP contribution in [0.2, 0.25) is 0 Å². The Labute approximate surface area is 151 Å². The fraction of sp³-hybridized carbons (Fsp3) is 0.562. The van der Waals surface area contributed by atoms with Gasteiger partial charge in [-0.15, -0.1) is 10.2 Å². The molecule has 0 aromatic carbocycles. The molecule has 1 saturated heterocycles. The van der Waals surface area contributed by atoms with Gasteiger partial charge in [0.1, 0.15) is 4.88 Å². The second-order valence-electron chi connectivity index (χ2n) is 6.24. The van der Waals surface area contributed by atoms with Gasteiger partial charge in [-0.2, -0.15) is 5.10 Å². The van der Waals surface area contributed by atoms with Crippen molar-refractivity contribution in [3.05, 3.63) is 22.8 Å². The maximum Gasteiger partial charge on any atom is 0.267 e. The number of hydrogen-bond donors (Lipinski definition) is 0. The topological polar surface area (TPSA) is 78.4 Å². The number of nitrogens with zero attached hydrogens (tertiary/aromatic N) is 7. The molecule has 0 saturated carbocycles. The summed E-state index contributed by atoms with van der Waals surface area (Å²) in [5, 5.41) is 12.4. The second kappa shape index (κ2) is 7.73. The summed E-state index contributed by atoms with van der Waals surface area (Å²) in [6.45, 7) is 4.89. The smallest absolute Gasteiger partial charge is 0.267 e. The minimum absolute atomic E-state index is 0.0474. The van der Waals surface area contributed by atoms with Crippen molar-refractivity contribution in [1.29, 1.82) is 0 Å². The van der Waals surface area contributed by atoms with Crippen LogP contribution in [-0.2, 0) is 6.42 Å². The Bertz CT molecular complexity index is 725. The quantitative estimate of drug-likeness (QED) is 0.794. The number of hydrogen-bond acceptors (Lipinski definition) is 8. The van der Waals surface area contributed by atoms with E-state index in [0.717, 1.165) is 43.1 Å². The molecule has 1 amide bonds. The van der Waals surface area contributed by atoms with Gasteiger partial charge in [0.2, 0.25) is 0 Å². The summed E-state index contributed by atoms with van der Waals surface area (Å²) < 4.78 is 3.96. The summed E-state index contributed by atoms with van der Waals surface area (Å²) in [5.74, 6) is 0.899. The van der Waals surface area contributed by atoms with Crippen LogP contribution < -0.4 is 9.80 Å². The molecule has 2 aromatic heterocycles. The lowest BCUT2D eigenvalue weighted by Gasteiger charge is -2.35. The van der Waals surface area contributed by atoms with E-state index < -0.39 is 0 Å². The third-order valence-corrected chi connectivity index (χ3v) is 5.03. The first kappa shape index (κ1) is 17.5. The van der Waals surface area contributed by atoms with E-state index in [-0.39, 0.29) is 5.91 Å². The third-order valence-electron chi connectivity index (χ3n) is 4.27. The Morgan fingerprint density at radius 1 is 1.24 bits per heavy atom. The zero-order chi connectivity index (χ0) is 17.8. The molecule has 2 aromatic rings. The van der Waals surface area contributed by atoms with Crippen LogP contribution in [0, 0.1) is 0 Å². The van der Waals surface area contributed by atoms with Crippen molar-refractivity contribution in [3.63, 3.8) is 0 Å². The number of aromatic nitrogens is 4. The number of piperazine rings is 1. The minimum atomic E-state index is 0.0474. The molecular weight excluding hydrogens is 338 g/mol. The molecule has 9 heteroatoms. The van der Waals surface area contributed by atoms with E-state index >= 15 is 0 Å². The number of amides is 1. The summed E-state index contributed by atoms with van der Waals surface area (Å²) in [4.78, 5) is 19.5. The number of carbonyl (C=O) groups excluding carboxylic acids is 1. The Morgan fingerprint density at radius 3 is 2.68 bits per heavy atom. The highest BCUT2D eigenvalue weighted by Gasteiger charge is 2.26. The van der Waals surface area contributed by atoms with E-state index in [1.54, 1.807) is 6.20 Å². The normalized spacial score (nSPS) is 14.7. The average molecular weight is 361 g/mol. The Hall–Kier alpha value is -2.29. The molecule has 1 fully saturated rings. The van der Waals surface area contributed by atoms with E-state index in [2.05, 4.69) is 31.6 Å². The lowest BCUT2D eigenvalue weighted by atomic mass is 10.2. The summed E-state index contributed by atoms with van der Waals surface area (Å²) in [6.07, 6.45) is 3.50. The fourth-order valence-electron chi connectivity index (χ4n) is 2.80. The summed E-state index contributed by atoms with van der Waals surface area (Å²) in [6, 6.07) is 2.02. The molecule has 134 valence electrons. The van der Waals surface area contributed by atoms with Crippen LogP contribution >= 0.6 is 11.5 Å². The summed E-state index contributed by atoms with van der Waals surface area (Å²) >= 11 is 1.20. The number of rotatable bonds is 5. The monoisotopic (exact) mass is 361 g/mol. The van der Waals surface area contributed by atoms with Gasteiger partial charge in [0.05, 0.1) is 17.6 Å². The molecule has 0 spiro atoms. The summed E-state index contributed by atoms with van der Waals surface area (Å²) in [5.41, 5.74) is 1.84. The van der Waals surface area contributed by atoms with E-state index in [4.69, 9.17) is 0 Å². The molecule has 8 nitrogen and oxygen atoms in total. The first-order chi connectivity index (χ1) is 12.1. The Morgan fingerprint density at radius 2 is 2.00 bits per heavy atom. The first-order valence-electron chi connectivity index (χ1n) is 8.45. The van der Waals surface area contributed by atoms with Crippen molar-refractivity contribution in [1.82, 2.24) is 24.7 Å². The van der Waals surface area contributed by atoms with Gasteiger partial charge in [-0.25, -0.2) is 0 Å². The maximum atomic E-state index is 12.7. The van der Waals surface area contributed by atoms with Gasteiger partial charge >= 0.3 is 0 Å². The first-order valence-corrected chi connectivity index (χ1v) is 9.23. The van der Waals surface area contributed by atoms with E-state index in [0.29, 0.717) is 18.0 Å². The van der Waals surface area contributed by atoms with Crippen molar-refractivity contribution >= 4 is 28.9 Å². The lowest BCUT2D eigenvalue weighted by molar-refractivity contribution is 0.0750. The highest BCUT2D eigenvalue weighted by atomic mass is 32.1. The van der Waals surface area contributed by atoms with Gasteiger partial charge in [0.15, 0.2) is 5.82 Å². The van der Waals surface area contributed by atoms with Crippen LogP contribution in [0.1, 0.15) is 28.7 Å². The zero-order valence-corrected chi connectivity index (χ0v) is 15.7. The predicted octanol–water partition coefficient (Wildman–Crippen LogP) is 1.31. The van der Waals surface area contributed by atoms with Crippen LogP contribution in [0.15, 0.2) is 12.3 Å². The van der Waals surface area contributed by atoms with Crippen molar-refractivity contribution < 1.29 is 4.79 Å². The molecule has 0 N–H and O–H groups in total. The molecule has 0 unspecified atom stereocenters. The third kappa shape index (κ3) is 3.87. The van der Waals surface area contributed by atoms with Crippen molar-refractivity contribution in [2.45, 2.75) is 19.8 Å². The number of aryl methyl sites for hydroxylation is 1. The highest BCUT2D eigenvalue weighted by molar-refractivity contribution is 7.08. The average Bonchev–Trinajstić information content (AvgIpc) is 3.10. The summed E-state index contributed by atoms with van der Waals surface area (Å²) in [7, 11) is 3.96. The predicted molar refractivity (Wildman–Crippen MR) is 98.4 cm³/mol. The van der Waals surface area contributed by atoms with Gasteiger partial charge < -0.3 is 14.7 Å². The molecule has 3 rings (SSSR count). The zero-order valence-electron chi connectivity index (χ0n) is 14.8. The number of anilines is 2. The lowest BCUT2D eigenvalue weighted by Crippen LogP contribution is -2.49. The van der Waals surface area contributed by atoms with Crippen LogP contribution in [0.3, 0.4) is 0 Å². The molecule has 0 atom stereocenters. The molecule has 0 bridgehead atoms. The van der Waals surface area contributed by atoms with Crippen LogP contribution in [0.5, 0.6) is 0 Å². The molecule has 1 aliphatic heterocycles. The Balaban J connectivity index is 1.64. The Kier molecular flexibility index (Phi) is 5.42. The van der Waals surface area contributed by atoms with Crippen molar-refractivity contribution in [2.24, 2.45) is 0 Å². The van der Waals surface area contributed by atoms with Gasteiger partial charge in [-0.05, 0) is 18.0 Å². The van der Waals surface area contributed by atoms with Gasteiger partial charge in [0.25, 0.3) is 5.91 Å². The SMILES string of the molecule is CCCc1nnsc1C(=O)N1CCN(c2cc(N(C)C)cnn2)CC1. The molecular formula is C16H23N7OS. The fourth-order valence-corrected chi connectivity index (χ4v) is 3.47. The van der Waals surface area contributed by atoms with Crippen LogP contribution in [-0.4, -0.2) is 70.9 Å². The van der Waals surface area contributed by atoms with Gasteiger partial charge in [0, 0.05) is 46.3 Å².